The summed E-state index contributed by atoms with van der Waals surface area (Å²) in [7, 11) is 0. The van der Waals surface area contributed by atoms with Crippen molar-refractivity contribution in [1.82, 2.24) is 10.3 Å². The van der Waals surface area contributed by atoms with Crippen molar-refractivity contribution in [2.45, 2.75) is 39.7 Å². The molecule has 1 saturated heterocycles. The number of hydrogen-bond acceptors (Lipinski definition) is 4. The van der Waals surface area contributed by atoms with E-state index in [1.165, 1.54) is 0 Å². The molecule has 1 fully saturated rings. The van der Waals surface area contributed by atoms with E-state index >= 15 is 0 Å². The number of nitrogens with one attached hydrogen (secondary N) is 1. The highest BCUT2D eigenvalue weighted by Crippen LogP contribution is 2.30. The van der Waals surface area contributed by atoms with Crippen LogP contribution in [0, 0.1) is 5.92 Å². The highest BCUT2D eigenvalue weighted by Gasteiger charge is 2.27. The summed E-state index contributed by atoms with van der Waals surface area (Å²) in [5, 5.41) is 4.20. The number of piperazine rings is 1. The van der Waals surface area contributed by atoms with Crippen LogP contribution >= 0.6 is 11.6 Å². The second kappa shape index (κ2) is 6.47. The fourth-order valence-corrected chi connectivity index (χ4v) is 3.44. The van der Waals surface area contributed by atoms with Crippen molar-refractivity contribution in [1.29, 1.82) is 0 Å². The van der Waals surface area contributed by atoms with Gasteiger partial charge in [0.25, 0.3) is 6.01 Å². The van der Waals surface area contributed by atoms with Gasteiger partial charge >= 0.3 is 0 Å². The van der Waals surface area contributed by atoms with E-state index in [-0.39, 0.29) is 0 Å². The van der Waals surface area contributed by atoms with Gasteiger partial charge in [0, 0.05) is 30.7 Å². The molecule has 0 radical (unpaired) electrons. The Hall–Kier alpha value is -1.26. The van der Waals surface area contributed by atoms with Gasteiger partial charge in [-0.3, -0.25) is 0 Å². The highest BCUT2D eigenvalue weighted by molar-refractivity contribution is 6.31. The predicted molar refractivity (Wildman–Crippen MR) is 91.9 cm³/mol. The first kappa shape index (κ1) is 15.6. The molecule has 1 atom stereocenters. The molecular formula is C17H24ClN3O. The lowest BCUT2D eigenvalue weighted by atomic mass is 10.0. The van der Waals surface area contributed by atoms with E-state index in [1.54, 1.807) is 0 Å². The second-order valence-corrected chi connectivity index (χ2v) is 6.88. The molecule has 1 aliphatic rings. The second-order valence-electron chi connectivity index (χ2n) is 6.44. The lowest BCUT2D eigenvalue weighted by Crippen LogP contribution is -2.52. The Kier molecular flexibility index (Phi) is 4.59. The van der Waals surface area contributed by atoms with Gasteiger partial charge in [0.05, 0.1) is 0 Å². The molecule has 2 aromatic rings. The minimum absolute atomic E-state index is 0.433. The number of nitrogens with zero attached hydrogens (tertiary/aromatic N) is 2. The van der Waals surface area contributed by atoms with Crippen molar-refractivity contribution < 1.29 is 4.42 Å². The van der Waals surface area contributed by atoms with Crippen LogP contribution in [0.15, 0.2) is 16.5 Å². The maximum Gasteiger partial charge on any atom is 0.298 e. The number of benzene rings is 1. The largest absolute Gasteiger partial charge is 0.423 e. The summed E-state index contributed by atoms with van der Waals surface area (Å²) in [5.74, 6) is 0.650. The third kappa shape index (κ3) is 3.08. The fourth-order valence-electron chi connectivity index (χ4n) is 3.21. The summed E-state index contributed by atoms with van der Waals surface area (Å²) in [5.41, 5.74) is 2.86. The molecule has 0 aliphatic carbocycles. The van der Waals surface area contributed by atoms with Crippen LogP contribution in [0.4, 0.5) is 6.01 Å². The standard InChI is InChI=1S/C17H24ClN3O/c1-4-12-8-13(18)9-15-16(12)22-17(20-15)21-6-5-19-10-14(21)7-11(2)3/h8-9,11,14,19H,4-7,10H2,1-3H3/t14-/m0/s1. The Morgan fingerprint density at radius 3 is 3.00 bits per heavy atom. The third-order valence-corrected chi connectivity index (χ3v) is 4.46. The van der Waals surface area contributed by atoms with E-state index < -0.39 is 0 Å². The zero-order valence-corrected chi connectivity index (χ0v) is 14.3. The summed E-state index contributed by atoms with van der Waals surface area (Å²) in [6, 6.07) is 5.03. The number of halogens is 1. The van der Waals surface area contributed by atoms with Crippen LogP contribution in [0.3, 0.4) is 0 Å². The van der Waals surface area contributed by atoms with Crippen molar-refractivity contribution in [2.75, 3.05) is 24.5 Å². The van der Waals surface area contributed by atoms with Gasteiger partial charge in [0.15, 0.2) is 5.58 Å². The molecule has 22 heavy (non-hydrogen) atoms. The van der Waals surface area contributed by atoms with Crippen LogP contribution in [0.2, 0.25) is 5.02 Å². The van der Waals surface area contributed by atoms with Crippen molar-refractivity contribution in [3.8, 4) is 0 Å². The maximum absolute atomic E-state index is 6.19. The highest BCUT2D eigenvalue weighted by atomic mass is 35.5. The molecule has 0 spiro atoms. The van der Waals surface area contributed by atoms with Crippen LogP contribution in [-0.2, 0) is 6.42 Å². The molecule has 5 heteroatoms. The van der Waals surface area contributed by atoms with Gasteiger partial charge < -0.3 is 14.6 Å². The normalized spacial score (nSPS) is 19.3. The Balaban J connectivity index is 1.97. The van der Waals surface area contributed by atoms with Gasteiger partial charge in [-0.2, -0.15) is 4.98 Å². The fraction of sp³-hybridized carbons (Fsp3) is 0.588. The molecule has 0 saturated carbocycles. The summed E-state index contributed by atoms with van der Waals surface area (Å²) in [6.45, 7) is 9.51. The van der Waals surface area contributed by atoms with Gasteiger partial charge in [-0.25, -0.2) is 0 Å². The minimum atomic E-state index is 0.433. The Labute approximate surface area is 136 Å². The first-order valence-electron chi connectivity index (χ1n) is 8.14. The van der Waals surface area contributed by atoms with E-state index in [1.807, 2.05) is 12.1 Å². The first-order chi connectivity index (χ1) is 10.6. The van der Waals surface area contributed by atoms with Gasteiger partial charge in [-0.05, 0) is 36.5 Å². The quantitative estimate of drug-likeness (QED) is 0.928. The van der Waals surface area contributed by atoms with Crippen LogP contribution in [0.5, 0.6) is 0 Å². The lowest BCUT2D eigenvalue weighted by molar-refractivity contribution is 0.385. The molecule has 1 aliphatic heterocycles. The summed E-state index contributed by atoms with van der Waals surface area (Å²) in [6.07, 6.45) is 2.02. The molecule has 1 aromatic heterocycles. The Morgan fingerprint density at radius 2 is 2.27 bits per heavy atom. The Morgan fingerprint density at radius 1 is 1.45 bits per heavy atom. The molecular weight excluding hydrogens is 298 g/mol. The third-order valence-electron chi connectivity index (χ3n) is 4.24. The predicted octanol–water partition coefficient (Wildman–Crippen LogP) is 3.87. The monoisotopic (exact) mass is 321 g/mol. The molecule has 1 N–H and O–H groups in total. The first-order valence-corrected chi connectivity index (χ1v) is 8.52. The van der Waals surface area contributed by atoms with Gasteiger partial charge in [-0.15, -0.1) is 0 Å². The molecule has 3 rings (SSSR count). The van der Waals surface area contributed by atoms with Crippen LogP contribution in [0.1, 0.15) is 32.8 Å². The average Bonchev–Trinajstić information content (AvgIpc) is 2.89. The zero-order chi connectivity index (χ0) is 15.7. The smallest absolute Gasteiger partial charge is 0.298 e. The van der Waals surface area contributed by atoms with Crippen LogP contribution in [-0.4, -0.2) is 30.7 Å². The van der Waals surface area contributed by atoms with Gasteiger partial charge in [0.2, 0.25) is 0 Å². The van der Waals surface area contributed by atoms with Crippen LogP contribution in [0.25, 0.3) is 11.1 Å². The number of fused-ring (bicyclic) bond motifs is 1. The zero-order valence-electron chi connectivity index (χ0n) is 13.5. The van der Waals surface area contributed by atoms with E-state index in [2.05, 4.69) is 31.0 Å². The lowest BCUT2D eigenvalue weighted by Gasteiger charge is -2.36. The number of rotatable bonds is 4. The molecule has 120 valence electrons. The topological polar surface area (TPSA) is 41.3 Å². The number of aryl methyl sites for hydroxylation is 1. The van der Waals surface area contributed by atoms with Crippen LogP contribution < -0.4 is 10.2 Å². The summed E-state index contributed by atoms with van der Waals surface area (Å²) in [4.78, 5) is 7.02. The molecule has 2 heterocycles. The van der Waals surface area contributed by atoms with Crippen molar-refractivity contribution in [2.24, 2.45) is 5.92 Å². The van der Waals surface area contributed by atoms with Gasteiger partial charge in [-0.1, -0.05) is 32.4 Å². The molecule has 4 nitrogen and oxygen atoms in total. The van der Waals surface area contributed by atoms with Crippen molar-refractivity contribution in [3.05, 3.63) is 22.7 Å². The molecule has 0 unspecified atom stereocenters. The van der Waals surface area contributed by atoms with Gasteiger partial charge in [0.1, 0.15) is 5.52 Å². The average molecular weight is 322 g/mol. The van der Waals surface area contributed by atoms with E-state index in [4.69, 9.17) is 21.0 Å². The number of aromatic nitrogens is 1. The van der Waals surface area contributed by atoms with Crippen molar-refractivity contribution in [3.63, 3.8) is 0 Å². The van der Waals surface area contributed by atoms with E-state index in [0.717, 1.165) is 60.2 Å². The summed E-state index contributed by atoms with van der Waals surface area (Å²) < 4.78 is 6.12. The Bertz CT molecular complexity index is 653. The number of oxazole rings is 1. The maximum atomic E-state index is 6.19. The molecule has 0 amide bonds. The van der Waals surface area contributed by atoms with E-state index in [0.29, 0.717) is 12.0 Å². The molecule has 0 bridgehead atoms. The minimum Gasteiger partial charge on any atom is -0.423 e. The summed E-state index contributed by atoms with van der Waals surface area (Å²) >= 11 is 6.19. The van der Waals surface area contributed by atoms with Crippen molar-refractivity contribution >= 4 is 28.7 Å². The number of hydrogen-bond donors (Lipinski definition) is 1. The number of anilines is 1. The van der Waals surface area contributed by atoms with E-state index in [9.17, 15) is 0 Å². The molecule has 1 aromatic carbocycles. The SMILES string of the molecule is CCc1cc(Cl)cc2nc(N3CCNC[C@@H]3CC(C)C)oc12.